The van der Waals surface area contributed by atoms with Crippen molar-refractivity contribution in [2.24, 2.45) is 0 Å². The van der Waals surface area contributed by atoms with E-state index in [2.05, 4.69) is 30.5 Å². The van der Waals surface area contributed by atoms with Gasteiger partial charge in [-0.25, -0.2) is 4.98 Å². The summed E-state index contributed by atoms with van der Waals surface area (Å²) >= 11 is 0. The van der Waals surface area contributed by atoms with E-state index < -0.39 is 6.10 Å². The average molecular weight is 386 g/mol. The number of ether oxygens (including phenoxy) is 1. The molecule has 4 rings (SSSR count). The van der Waals surface area contributed by atoms with Crippen molar-refractivity contribution < 1.29 is 9.84 Å². The largest absolute Gasteiger partial charge is 0.491 e. The van der Waals surface area contributed by atoms with Gasteiger partial charge < -0.3 is 14.4 Å². The predicted octanol–water partition coefficient (Wildman–Crippen LogP) is 4.68. The van der Waals surface area contributed by atoms with Crippen LogP contribution in [-0.2, 0) is 13.0 Å². The highest BCUT2D eigenvalue weighted by atomic mass is 16.5. The van der Waals surface area contributed by atoms with Crippen LogP contribution in [0.1, 0.15) is 22.5 Å². The molecule has 0 spiro atoms. The van der Waals surface area contributed by atoms with Gasteiger partial charge in [-0.05, 0) is 54.8 Å². The smallest absolute Gasteiger partial charge is 0.119 e. The van der Waals surface area contributed by atoms with Crippen LogP contribution < -0.4 is 4.74 Å². The van der Waals surface area contributed by atoms with E-state index in [1.54, 1.807) is 0 Å². The Labute approximate surface area is 171 Å². The van der Waals surface area contributed by atoms with Crippen LogP contribution in [-0.4, -0.2) is 27.4 Å². The average Bonchev–Trinajstić information content (AvgIpc) is 3.06. The number of aryl methyl sites for hydroxylation is 2. The highest BCUT2D eigenvalue weighted by Gasteiger charge is 2.15. The van der Waals surface area contributed by atoms with Crippen LogP contribution in [0.25, 0.3) is 11.0 Å². The number of fused-ring (bicyclic) bond motifs is 1. The van der Waals surface area contributed by atoms with Crippen molar-refractivity contribution in [3.8, 4) is 5.75 Å². The maximum atomic E-state index is 10.7. The van der Waals surface area contributed by atoms with Crippen molar-refractivity contribution in [2.45, 2.75) is 32.9 Å². The van der Waals surface area contributed by atoms with Gasteiger partial charge in [-0.1, -0.05) is 48.5 Å². The molecule has 29 heavy (non-hydrogen) atoms. The normalized spacial score (nSPS) is 12.2. The van der Waals surface area contributed by atoms with E-state index in [-0.39, 0.29) is 6.61 Å². The summed E-state index contributed by atoms with van der Waals surface area (Å²) in [5.74, 6) is 1.73. The third-order valence-corrected chi connectivity index (χ3v) is 5.25. The highest BCUT2D eigenvalue weighted by Crippen LogP contribution is 2.20. The van der Waals surface area contributed by atoms with Crippen molar-refractivity contribution in [2.75, 3.05) is 6.61 Å². The molecular formula is C25H26N2O2. The molecule has 0 aliphatic heterocycles. The number of aliphatic hydroxyl groups is 1. The number of benzene rings is 3. The number of hydrogen-bond donors (Lipinski definition) is 1. The first-order valence-corrected chi connectivity index (χ1v) is 9.96. The molecule has 3 aromatic carbocycles. The van der Waals surface area contributed by atoms with Crippen molar-refractivity contribution in [1.29, 1.82) is 0 Å². The lowest BCUT2D eigenvalue weighted by Crippen LogP contribution is -2.24. The Bertz CT molecular complexity index is 1100. The van der Waals surface area contributed by atoms with Gasteiger partial charge in [-0.15, -0.1) is 0 Å². The van der Waals surface area contributed by atoms with Gasteiger partial charge in [-0.2, -0.15) is 0 Å². The maximum absolute atomic E-state index is 10.7. The minimum absolute atomic E-state index is 0.236. The van der Waals surface area contributed by atoms with E-state index in [9.17, 15) is 5.11 Å². The fraction of sp³-hybridized carbons (Fsp3) is 0.240. The first-order chi connectivity index (χ1) is 14.1. The van der Waals surface area contributed by atoms with Gasteiger partial charge in [0, 0.05) is 6.42 Å². The second-order valence-corrected chi connectivity index (χ2v) is 7.50. The summed E-state index contributed by atoms with van der Waals surface area (Å²) in [6, 6.07) is 24.3. The standard InChI is InChI=1S/C25H26N2O2/c1-18-12-13-22(14-19(18)2)29-17-21(28)16-27-24-11-7-6-10-23(24)26-25(27)15-20-8-4-3-5-9-20/h3-14,21,28H,15-17H2,1-2H3/t21-/m0/s1. The summed E-state index contributed by atoms with van der Waals surface area (Å²) in [6.45, 7) is 4.81. The SMILES string of the molecule is Cc1ccc(OC[C@@H](O)Cn2c(Cc3ccccc3)nc3ccccc32)cc1C. The van der Waals surface area contributed by atoms with Crippen LogP contribution in [0.4, 0.5) is 0 Å². The van der Waals surface area contributed by atoms with Crippen LogP contribution in [0, 0.1) is 13.8 Å². The highest BCUT2D eigenvalue weighted by molar-refractivity contribution is 5.76. The molecule has 0 radical (unpaired) electrons. The second kappa shape index (κ2) is 8.50. The number of para-hydroxylation sites is 2. The number of aromatic nitrogens is 2. The fourth-order valence-electron chi connectivity index (χ4n) is 3.50. The Hall–Kier alpha value is -3.11. The van der Waals surface area contributed by atoms with Crippen LogP contribution in [0.15, 0.2) is 72.8 Å². The summed E-state index contributed by atoms with van der Waals surface area (Å²) in [4.78, 5) is 4.81. The lowest BCUT2D eigenvalue weighted by atomic mass is 10.1. The molecular weight excluding hydrogens is 360 g/mol. The molecule has 4 aromatic rings. The molecule has 0 fully saturated rings. The molecule has 0 aliphatic rings. The Balaban J connectivity index is 1.52. The van der Waals surface area contributed by atoms with E-state index in [4.69, 9.17) is 9.72 Å². The molecule has 1 atom stereocenters. The second-order valence-electron chi connectivity index (χ2n) is 7.50. The molecule has 148 valence electrons. The third-order valence-electron chi connectivity index (χ3n) is 5.25. The van der Waals surface area contributed by atoms with Gasteiger partial charge in [0.1, 0.15) is 24.3 Å². The van der Waals surface area contributed by atoms with E-state index in [0.29, 0.717) is 6.54 Å². The third kappa shape index (κ3) is 4.49. The molecule has 1 heterocycles. The Kier molecular flexibility index (Phi) is 5.63. The molecule has 0 saturated carbocycles. The van der Waals surface area contributed by atoms with Gasteiger partial charge in [-0.3, -0.25) is 0 Å². The van der Waals surface area contributed by atoms with Gasteiger partial charge in [0.05, 0.1) is 17.6 Å². The summed E-state index contributed by atoms with van der Waals surface area (Å²) in [5.41, 5.74) is 5.59. The molecule has 1 N–H and O–H groups in total. The number of nitrogens with zero attached hydrogens (tertiary/aromatic N) is 2. The molecule has 0 unspecified atom stereocenters. The van der Waals surface area contributed by atoms with Crippen LogP contribution >= 0.6 is 0 Å². The molecule has 0 amide bonds. The monoisotopic (exact) mass is 386 g/mol. The molecule has 4 heteroatoms. The molecule has 0 aliphatic carbocycles. The Morgan fingerprint density at radius 3 is 2.48 bits per heavy atom. The zero-order valence-corrected chi connectivity index (χ0v) is 16.9. The van der Waals surface area contributed by atoms with Crippen molar-refractivity contribution in [3.63, 3.8) is 0 Å². The quantitative estimate of drug-likeness (QED) is 0.501. The summed E-state index contributed by atoms with van der Waals surface area (Å²) in [5, 5.41) is 10.7. The zero-order valence-electron chi connectivity index (χ0n) is 16.9. The lowest BCUT2D eigenvalue weighted by Gasteiger charge is -2.16. The zero-order chi connectivity index (χ0) is 20.2. The number of imidazole rings is 1. The summed E-state index contributed by atoms with van der Waals surface area (Å²) < 4.78 is 7.95. The van der Waals surface area contributed by atoms with Crippen molar-refractivity contribution >= 4 is 11.0 Å². The number of rotatable bonds is 7. The molecule has 1 aromatic heterocycles. The number of aliphatic hydroxyl groups excluding tert-OH is 1. The minimum atomic E-state index is -0.635. The minimum Gasteiger partial charge on any atom is -0.491 e. The molecule has 4 nitrogen and oxygen atoms in total. The van der Waals surface area contributed by atoms with Crippen LogP contribution in [0.2, 0.25) is 0 Å². The van der Waals surface area contributed by atoms with Crippen LogP contribution in [0.5, 0.6) is 5.75 Å². The number of hydrogen-bond acceptors (Lipinski definition) is 3. The predicted molar refractivity (Wildman–Crippen MR) is 116 cm³/mol. The Morgan fingerprint density at radius 2 is 1.69 bits per heavy atom. The molecule has 0 saturated heterocycles. The molecule has 0 bridgehead atoms. The van der Waals surface area contributed by atoms with E-state index in [1.807, 2.05) is 60.7 Å². The summed E-state index contributed by atoms with van der Waals surface area (Å²) in [7, 11) is 0. The summed E-state index contributed by atoms with van der Waals surface area (Å²) in [6.07, 6.45) is 0.0870. The van der Waals surface area contributed by atoms with Crippen molar-refractivity contribution in [1.82, 2.24) is 9.55 Å². The van der Waals surface area contributed by atoms with E-state index >= 15 is 0 Å². The Morgan fingerprint density at radius 1 is 0.931 bits per heavy atom. The van der Waals surface area contributed by atoms with Crippen LogP contribution in [0.3, 0.4) is 0 Å². The van der Waals surface area contributed by atoms with Gasteiger partial charge in [0.2, 0.25) is 0 Å². The van der Waals surface area contributed by atoms with Crippen molar-refractivity contribution in [3.05, 3.63) is 95.3 Å². The lowest BCUT2D eigenvalue weighted by molar-refractivity contribution is 0.0927. The topological polar surface area (TPSA) is 47.3 Å². The first-order valence-electron chi connectivity index (χ1n) is 9.96. The maximum Gasteiger partial charge on any atom is 0.119 e. The van der Waals surface area contributed by atoms with Gasteiger partial charge >= 0.3 is 0 Å². The van der Waals surface area contributed by atoms with Gasteiger partial charge in [0.15, 0.2) is 0 Å². The fourth-order valence-corrected chi connectivity index (χ4v) is 3.50. The van der Waals surface area contributed by atoms with E-state index in [1.165, 1.54) is 16.7 Å². The van der Waals surface area contributed by atoms with E-state index in [0.717, 1.165) is 29.0 Å². The van der Waals surface area contributed by atoms with Gasteiger partial charge in [0.25, 0.3) is 0 Å². The first kappa shape index (κ1) is 19.2.